The van der Waals surface area contributed by atoms with E-state index in [0.717, 1.165) is 16.8 Å². The summed E-state index contributed by atoms with van der Waals surface area (Å²) < 4.78 is 6.91. The van der Waals surface area contributed by atoms with Crippen LogP contribution in [-0.4, -0.2) is 17.1 Å². The molecule has 4 heteroatoms. The van der Waals surface area contributed by atoms with Crippen LogP contribution in [0.25, 0.3) is 5.69 Å². The van der Waals surface area contributed by atoms with Crippen LogP contribution < -0.4 is 0 Å². The van der Waals surface area contributed by atoms with Crippen molar-refractivity contribution in [3.63, 3.8) is 0 Å². The minimum Gasteiger partial charge on any atom is -0.462 e. The first-order valence-corrected chi connectivity index (χ1v) is 7.12. The number of ether oxygens (including phenoxy) is 1. The molecule has 1 aliphatic carbocycles. The van der Waals surface area contributed by atoms with E-state index < -0.39 is 0 Å². The molecule has 0 saturated heterocycles. The summed E-state index contributed by atoms with van der Waals surface area (Å²) in [6, 6.07) is 9.48. The van der Waals surface area contributed by atoms with Gasteiger partial charge < -0.3 is 9.30 Å². The van der Waals surface area contributed by atoms with Crippen LogP contribution in [0.3, 0.4) is 0 Å². The Morgan fingerprint density at radius 3 is 2.62 bits per heavy atom. The molecule has 1 fully saturated rings. The standard InChI is InChI=1S/C17H16N2O2/c1-2-21-17(20)13-5-7-15(8-6-13)19-10-14(9-18)16(11-19)12-3-4-12/h5-8,10-12H,2-4H2,1H3. The van der Waals surface area contributed by atoms with E-state index in [-0.39, 0.29) is 5.97 Å². The molecule has 0 amide bonds. The van der Waals surface area contributed by atoms with Crippen LogP contribution in [-0.2, 0) is 4.74 Å². The lowest BCUT2D eigenvalue weighted by Gasteiger charge is -2.05. The molecular formula is C17H16N2O2. The number of benzene rings is 1. The average molecular weight is 280 g/mol. The van der Waals surface area contributed by atoms with Crippen LogP contribution in [0.5, 0.6) is 0 Å². The third kappa shape index (κ3) is 2.68. The Labute approximate surface area is 123 Å². The summed E-state index contributed by atoms with van der Waals surface area (Å²) in [6.07, 6.45) is 6.21. The smallest absolute Gasteiger partial charge is 0.338 e. The maximum Gasteiger partial charge on any atom is 0.338 e. The number of carbonyl (C=O) groups is 1. The number of esters is 1. The molecule has 1 saturated carbocycles. The minimum absolute atomic E-state index is 0.312. The second-order valence-electron chi connectivity index (χ2n) is 5.19. The molecule has 1 heterocycles. The number of hydrogen-bond donors (Lipinski definition) is 0. The first-order valence-electron chi connectivity index (χ1n) is 7.12. The molecule has 0 spiro atoms. The Kier molecular flexibility index (Phi) is 3.49. The van der Waals surface area contributed by atoms with Crippen LogP contribution in [0.2, 0.25) is 0 Å². The van der Waals surface area contributed by atoms with Crippen molar-refractivity contribution in [1.82, 2.24) is 4.57 Å². The van der Waals surface area contributed by atoms with Crippen LogP contribution in [0, 0.1) is 11.3 Å². The van der Waals surface area contributed by atoms with Crippen LogP contribution in [0.1, 0.15) is 47.2 Å². The number of aromatic nitrogens is 1. The first-order chi connectivity index (χ1) is 10.2. The highest BCUT2D eigenvalue weighted by atomic mass is 16.5. The van der Waals surface area contributed by atoms with Crippen molar-refractivity contribution >= 4 is 5.97 Å². The Balaban J connectivity index is 1.87. The molecule has 1 aliphatic rings. The highest BCUT2D eigenvalue weighted by Gasteiger charge is 2.27. The van der Waals surface area contributed by atoms with E-state index in [9.17, 15) is 10.1 Å². The van der Waals surface area contributed by atoms with Gasteiger partial charge >= 0.3 is 5.97 Å². The fourth-order valence-electron chi connectivity index (χ4n) is 2.42. The maximum atomic E-state index is 11.6. The average Bonchev–Trinajstić information content (AvgIpc) is 3.26. The van der Waals surface area contributed by atoms with Crippen LogP contribution >= 0.6 is 0 Å². The predicted octanol–water partition coefficient (Wildman–Crippen LogP) is 3.40. The molecule has 0 aliphatic heterocycles. The van der Waals surface area contributed by atoms with Gasteiger partial charge in [0.05, 0.1) is 17.7 Å². The zero-order valence-corrected chi connectivity index (χ0v) is 11.9. The molecule has 1 aromatic carbocycles. The zero-order chi connectivity index (χ0) is 14.8. The van der Waals surface area contributed by atoms with E-state index in [0.29, 0.717) is 18.1 Å². The van der Waals surface area contributed by atoms with E-state index in [4.69, 9.17) is 4.74 Å². The van der Waals surface area contributed by atoms with Crippen molar-refractivity contribution in [3.05, 3.63) is 53.3 Å². The summed E-state index contributed by atoms with van der Waals surface area (Å²) in [7, 11) is 0. The summed E-state index contributed by atoms with van der Waals surface area (Å²) in [5.41, 5.74) is 3.35. The molecule has 0 unspecified atom stereocenters. The molecule has 0 radical (unpaired) electrons. The van der Waals surface area contributed by atoms with Crippen LogP contribution in [0.15, 0.2) is 36.7 Å². The van der Waals surface area contributed by atoms with Gasteiger partial charge in [0, 0.05) is 18.1 Å². The lowest BCUT2D eigenvalue weighted by Crippen LogP contribution is -2.04. The number of hydrogen-bond acceptors (Lipinski definition) is 3. The molecule has 1 aromatic heterocycles. The second-order valence-corrected chi connectivity index (χ2v) is 5.19. The summed E-state index contributed by atoms with van der Waals surface area (Å²) in [4.78, 5) is 11.6. The van der Waals surface area contributed by atoms with Gasteiger partial charge in [-0.25, -0.2) is 4.79 Å². The van der Waals surface area contributed by atoms with Gasteiger partial charge in [0.15, 0.2) is 0 Å². The summed E-state index contributed by atoms with van der Waals surface area (Å²) in [5, 5.41) is 9.21. The van der Waals surface area contributed by atoms with E-state index in [1.165, 1.54) is 12.8 Å². The van der Waals surface area contributed by atoms with Gasteiger partial charge in [-0.3, -0.25) is 0 Å². The molecule has 0 bridgehead atoms. The summed E-state index contributed by atoms with van der Waals surface area (Å²) >= 11 is 0. The highest BCUT2D eigenvalue weighted by molar-refractivity contribution is 5.89. The molecule has 21 heavy (non-hydrogen) atoms. The van der Waals surface area contributed by atoms with Gasteiger partial charge in [0.25, 0.3) is 0 Å². The van der Waals surface area contributed by atoms with Crippen molar-refractivity contribution in [2.75, 3.05) is 6.61 Å². The van der Waals surface area contributed by atoms with Gasteiger partial charge in [0.1, 0.15) is 6.07 Å². The third-order valence-corrected chi connectivity index (χ3v) is 3.67. The molecule has 4 nitrogen and oxygen atoms in total. The van der Waals surface area contributed by atoms with Gasteiger partial charge in [0.2, 0.25) is 0 Å². The van der Waals surface area contributed by atoms with Gasteiger partial charge in [-0.1, -0.05) is 0 Å². The third-order valence-electron chi connectivity index (χ3n) is 3.67. The number of rotatable bonds is 4. The van der Waals surface area contributed by atoms with Crippen molar-refractivity contribution < 1.29 is 9.53 Å². The van der Waals surface area contributed by atoms with Crippen molar-refractivity contribution in [2.24, 2.45) is 0 Å². The molecule has 0 N–H and O–H groups in total. The molecule has 0 atom stereocenters. The highest BCUT2D eigenvalue weighted by Crippen LogP contribution is 2.42. The lowest BCUT2D eigenvalue weighted by molar-refractivity contribution is 0.0526. The lowest BCUT2D eigenvalue weighted by atomic mass is 10.1. The molecular weight excluding hydrogens is 264 g/mol. The number of nitriles is 1. The van der Waals surface area contributed by atoms with Crippen LogP contribution in [0.4, 0.5) is 0 Å². The Morgan fingerprint density at radius 1 is 1.33 bits per heavy atom. The Hall–Kier alpha value is -2.54. The molecule has 106 valence electrons. The number of carbonyl (C=O) groups excluding carboxylic acids is 1. The second kappa shape index (κ2) is 5.45. The largest absolute Gasteiger partial charge is 0.462 e. The fourth-order valence-corrected chi connectivity index (χ4v) is 2.42. The van der Waals surface area contributed by atoms with Crippen molar-refractivity contribution in [2.45, 2.75) is 25.7 Å². The SMILES string of the molecule is CCOC(=O)c1ccc(-n2cc(C#N)c(C3CC3)c2)cc1. The maximum absolute atomic E-state index is 11.6. The monoisotopic (exact) mass is 280 g/mol. The normalized spacial score (nSPS) is 13.7. The summed E-state index contributed by atoms with van der Waals surface area (Å²) in [6.45, 7) is 2.16. The Morgan fingerprint density at radius 2 is 2.05 bits per heavy atom. The quantitative estimate of drug-likeness (QED) is 0.806. The Bertz CT molecular complexity index is 703. The number of nitrogens with zero attached hydrogens (tertiary/aromatic N) is 2. The summed E-state index contributed by atoms with van der Waals surface area (Å²) in [5.74, 6) is 0.229. The molecule has 2 aromatic rings. The van der Waals surface area contributed by atoms with Gasteiger partial charge in [-0.15, -0.1) is 0 Å². The topological polar surface area (TPSA) is 55.0 Å². The van der Waals surface area contributed by atoms with E-state index in [1.54, 1.807) is 19.1 Å². The van der Waals surface area contributed by atoms with E-state index >= 15 is 0 Å². The van der Waals surface area contributed by atoms with E-state index in [2.05, 4.69) is 6.07 Å². The van der Waals surface area contributed by atoms with Gasteiger partial charge in [-0.2, -0.15) is 5.26 Å². The van der Waals surface area contributed by atoms with E-state index in [1.807, 2.05) is 29.1 Å². The van der Waals surface area contributed by atoms with Gasteiger partial charge in [-0.05, 0) is 55.5 Å². The molecule has 3 rings (SSSR count). The minimum atomic E-state index is -0.312. The van der Waals surface area contributed by atoms with Crippen molar-refractivity contribution in [1.29, 1.82) is 5.26 Å². The van der Waals surface area contributed by atoms with Crippen molar-refractivity contribution in [3.8, 4) is 11.8 Å². The predicted molar refractivity (Wildman–Crippen MR) is 78.4 cm³/mol. The zero-order valence-electron chi connectivity index (χ0n) is 11.9. The first kappa shape index (κ1) is 13.4. The fraction of sp³-hybridized carbons (Fsp3) is 0.294.